The number of alkyl halides is 3. The summed E-state index contributed by atoms with van der Waals surface area (Å²) in [5.41, 5.74) is 4.53. The van der Waals surface area contributed by atoms with E-state index in [9.17, 15) is 22.0 Å². The van der Waals surface area contributed by atoms with Crippen LogP contribution in [0.4, 0.5) is 33.3 Å². The molecule has 0 atom stereocenters. The molecule has 112 valence electrons. The van der Waals surface area contributed by atoms with Crippen molar-refractivity contribution in [2.75, 3.05) is 11.1 Å². The van der Waals surface area contributed by atoms with Crippen LogP contribution in [-0.4, -0.2) is 0 Å². The van der Waals surface area contributed by atoms with E-state index in [-0.39, 0.29) is 17.9 Å². The second-order valence-corrected chi connectivity index (χ2v) is 4.41. The van der Waals surface area contributed by atoms with Crippen molar-refractivity contribution in [1.82, 2.24) is 0 Å². The Labute approximate surface area is 117 Å². The highest BCUT2D eigenvalue weighted by Gasteiger charge is 2.29. The number of hydrogen-bond acceptors (Lipinski definition) is 2. The summed E-state index contributed by atoms with van der Waals surface area (Å²) in [6.45, 7) is -0.0180. The molecule has 2 rings (SSSR count). The lowest BCUT2D eigenvalue weighted by molar-refractivity contribution is -0.137. The smallest absolute Gasteiger partial charge is 0.399 e. The van der Waals surface area contributed by atoms with Crippen LogP contribution in [0.15, 0.2) is 36.4 Å². The maximum Gasteiger partial charge on any atom is 0.416 e. The summed E-state index contributed by atoms with van der Waals surface area (Å²) in [5, 5.41) is 2.50. The quantitative estimate of drug-likeness (QED) is 0.659. The fourth-order valence-electron chi connectivity index (χ4n) is 1.76. The van der Waals surface area contributed by atoms with Crippen molar-refractivity contribution in [2.45, 2.75) is 12.7 Å². The molecule has 0 aliphatic rings. The van der Waals surface area contributed by atoms with Gasteiger partial charge in [-0.25, -0.2) is 8.78 Å². The van der Waals surface area contributed by atoms with Gasteiger partial charge in [0.15, 0.2) is 11.6 Å². The van der Waals surface area contributed by atoms with E-state index in [1.54, 1.807) is 0 Å². The second-order valence-electron chi connectivity index (χ2n) is 4.41. The van der Waals surface area contributed by atoms with Gasteiger partial charge in [-0.2, -0.15) is 13.2 Å². The minimum atomic E-state index is -4.42. The molecule has 7 heteroatoms. The summed E-state index contributed by atoms with van der Waals surface area (Å²) in [6, 6.07) is 6.21. The highest BCUT2D eigenvalue weighted by molar-refractivity contribution is 5.54. The zero-order valence-electron chi connectivity index (χ0n) is 10.6. The standard InChI is InChI=1S/C14H11F5N2/c15-11-5-10(20)6-12(16)13(11)21-7-8-1-3-9(4-2-8)14(17,18)19/h1-6,21H,7,20H2. The van der Waals surface area contributed by atoms with Crippen LogP contribution in [-0.2, 0) is 12.7 Å². The minimum Gasteiger partial charge on any atom is -0.399 e. The van der Waals surface area contributed by atoms with Crippen LogP contribution in [0.3, 0.4) is 0 Å². The molecule has 2 aromatic carbocycles. The number of benzene rings is 2. The normalized spacial score (nSPS) is 11.5. The van der Waals surface area contributed by atoms with E-state index >= 15 is 0 Å². The van der Waals surface area contributed by atoms with Gasteiger partial charge in [0, 0.05) is 12.2 Å². The number of nitrogen functional groups attached to an aromatic ring is 1. The van der Waals surface area contributed by atoms with Crippen LogP contribution in [0.5, 0.6) is 0 Å². The number of nitrogens with one attached hydrogen (secondary N) is 1. The Morgan fingerprint density at radius 1 is 0.952 bits per heavy atom. The molecule has 0 aromatic heterocycles. The molecule has 0 aliphatic carbocycles. The van der Waals surface area contributed by atoms with Gasteiger partial charge in [0.2, 0.25) is 0 Å². The molecule has 0 unspecified atom stereocenters. The summed E-state index contributed by atoms with van der Waals surface area (Å²) in [7, 11) is 0. The molecule has 2 nitrogen and oxygen atoms in total. The molecule has 0 bridgehead atoms. The maximum absolute atomic E-state index is 13.5. The summed E-state index contributed by atoms with van der Waals surface area (Å²) < 4.78 is 64.2. The first-order valence-corrected chi connectivity index (χ1v) is 5.92. The highest BCUT2D eigenvalue weighted by atomic mass is 19.4. The topological polar surface area (TPSA) is 38.0 Å². The van der Waals surface area contributed by atoms with Gasteiger partial charge in [-0.3, -0.25) is 0 Å². The van der Waals surface area contributed by atoms with E-state index in [0.717, 1.165) is 24.3 Å². The van der Waals surface area contributed by atoms with Crippen LogP contribution in [0.1, 0.15) is 11.1 Å². The van der Waals surface area contributed by atoms with E-state index in [1.807, 2.05) is 0 Å². The van der Waals surface area contributed by atoms with Crippen LogP contribution in [0.25, 0.3) is 0 Å². The SMILES string of the molecule is Nc1cc(F)c(NCc2ccc(C(F)(F)F)cc2)c(F)c1. The third kappa shape index (κ3) is 3.62. The number of nitrogens with two attached hydrogens (primary N) is 1. The molecule has 0 amide bonds. The van der Waals surface area contributed by atoms with Gasteiger partial charge in [0.05, 0.1) is 5.56 Å². The van der Waals surface area contributed by atoms with Gasteiger partial charge in [-0.15, -0.1) is 0 Å². The summed E-state index contributed by atoms with van der Waals surface area (Å²) in [5.74, 6) is -1.72. The molecular formula is C14H11F5N2. The lowest BCUT2D eigenvalue weighted by Crippen LogP contribution is -2.07. The van der Waals surface area contributed by atoms with Crippen LogP contribution < -0.4 is 11.1 Å². The third-order valence-corrected chi connectivity index (χ3v) is 2.81. The molecule has 0 spiro atoms. The average molecular weight is 302 g/mol. The lowest BCUT2D eigenvalue weighted by atomic mass is 10.1. The minimum absolute atomic E-state index is 0.0180. The largest absolute Gasteiger partial charge is 0.416 e. The van der Waals surface area contributed by atoms with Crippen molar-refractivity contribution >= 4 is 11.4 Å². The van der Waals surface area contributed by atoms with Gasteiger partial charge < -0.3 is 11.1 Å². The molecule has 0 heterocycles. The summed E-state index contributed by atoms with van der Waals surface area (Å²) >= 11 is 0. The molecule has 2 aromatic rings. The van der Waals surface area contributed by atoms with Gasteiger partial charge in [-0.05, 0) is 29.8 Å². The lowest BCUT2D eigenvalue weighted by Gasteiger charge is -2.11. The first kappa shape index (κ1) is 15.1. The number of hydrogen-bond donors (Lipinski definition) is 2. The van der Waals surface area contributed by atoms with Crippen molar-refractivity contribution in [1.29, 1.82) is 0 Å². The van der Waals surface area contributed by atoms with Crippen molar-refractivity contribution in [3.8, 4) is 0 Å². The Kier molecular flexibility index (Phi) is 4.02. The Balaban J connectivity index is 2.10. The number of rotatable bonds is 3. The van der Waals surface area contributed by atoms with Gasteiger partial charge in [0.25, 0.3) is 0 Å². The number of halogens is 5. The highest BCUT2D eigenvalue weighted by Crippen LogP contribution is 2.29. The van der Waals surface area contributed by atoms with E-state index < -0.39 is 23.4 Å². The first-order valence-electron chi connectivity index (χ1n) is 5.92. The zero-order valence-corrected chi connectivity index (χ0v) is 10.6. The van der Waals surface area contributed by atoms with E-state index in [4.69, 9.17) is 5.73 Å². The molecule has 0 fully saturated rings. The molecule has 0 radical (unpaired) electrons. The second kappa shape index (κ2) is 5.59. The average Bonchev–Trinajstić information content (AvgIpc) is 2.37. The Morgan fingerprint density at radius 2 is 1.48 bits per heavy atom. The van der Waals surface area contributed by atoms with E-state index in [0.29, 0.717) is 5.56 Å². The monoisotopic (exact) mass is 302 g/mol. The van der Waals surface area contributed by atoms with E-state index in [2.05, 4.69) is 5.32 Å². The van der Waals surface area contributed by atoms with Crippen molar-refractivity contribution in [3.05, 3.63) is 59.2 Å². The number of anilines is 2. The Hall–Kier alpha value is -2.31. The Morgan fingerprint density at radius 3 is 1.95 bits per heavy atom. The van der Waals surface area contributed by atoms with Gasteiger partial charge in [-0.1, -0.05) is 12.1 Å². The van der Waals surface area contributed by atoms with Crippen molar-refractivity contribution < 1.29 is 22.0 Å². The molecular weight excluding hydrogens is 291 g/mol. The van der Waals surface area contributed by atoms with E-state index in [1.165, 1.54) is 12.1 Å². The summed E-state index contributed by atoms with van der Waals surface area (Å²) in [6.07, 6.45) is -4.42. The van der Waals surface area contributed by atoms with Crippen molar-refractivity contribution in [2.24, 2.45) is 0 Å². The molecule has 0 aliphatic heterocycles. The molecule has 3 N–H and O–H groups in total. The van der Waals surface area contributed by atoms with Crippen LogP contribution >= 0.6 is 0 Å². The Bertz CT molecular complexity index is 612. The van der Waals surface area contributed by atoms with Crippen LogP contribution in [0, 0.1) is 11.6 Å². The maximum atomic E-state index is 13.5. The van der Waals surface area contributed by atoms with Gasteiger partial charge in [0.1, 0.15) is 5.69 Å². The zero-order chi connectivity index (χ0) is 15.6. The fraction of sp³-hybridized carbons (Fsp3) is 0.143. The van der Waals surface area contributed by atoms with Crippen LogP contribution in [0.2, 0.25) is 0 Å². The molecule has 0 saturated carbocycles. The fourth-order valence-corrected chi connectivity index (χ4v) is 1.76. The third-order valence-electron chi connectivity index (χ3n) is 2.81. The predicted octanol–water partition coefficient (Wildman–Crippen LogP) is 4.18. The first-order chi connectivity index (χ1) is 9.77. The predicted molar refractivity (Wildman–Crippen MR) is 69.5 cm³/mol. The van der Waals surface area contributed by atoms with Gasteiger partial charge >= 0.3 is 6.18 Å². The molecule has 21 heavy (non-hydrogen) atoms. The molecule has 0 saturated heterocycles. The summed E-state index contributed by atoms with van der Waals surface area (Å²) in [4.78, 5) is 0. The van der Waals surface area contributed by atoms with Crippen molar-refractivity contribution in [3.63, 3.8) is 0 Å².